The summed E-state index contributed by atoms with van der Waals surface area (Å²) >= 11 is 0. The van der Waals surface area contributed by atoms with Gasteiger partial charge in [-0.25, -0.2) is 4.39 Å². The molecule has 1 saturated heterocycles. The van der Waals surface area contributed by atoms with Crippen LogP contribution in [-0.4, -0.2) is 59.8 Å². The van der Waals surface area contributed by atoms with E-state index >= 15 is 0 Å². The molecule has 1 aliphatic heterocycles. The van der Waals surface area contributed by atoms with Crippen LogP contribution in [0.1, 0.15) is 39.7 Å². The lowest BCUT2D eigenvalue weighted by molar-refractivity contribution is -0.943. The SMILES string of the molecule is C[C@H]1CN(CC2(CN)C=C(c3ccc(F)cc3)C=CC2)CC[N+]1(C(=O)[O-])C(C)(C)C. The van der Waals surface area contributed by atoms with E-state index in [2.05, 4.69) is 23.1 Å². The summed E-state index contributed by atoms with van der Waals surface area (Å²) in [5.74, 6) is -0.250. The molecule has 0 radical (unpaired) electrons. The molecule has 6 heteroatoms. The lowest BCUT2D eigenvalue weighted by atomic mass is 9.77. The first-order valence-electron chi connectivity index (χ1n) is 10.7. The number of piperazine rings is 1. The maximum absolute atomic E-state index is 13.3. The lowest BCUT2D eigenvalue weighted by Gasteiger charge is -2.56. The Bertz CT molecular complexity index is 843. The van der Waals surface area contributed by atoms with E-state index in [9.17, 15) is 14.3 Å². The molecule has 2 aliphatic rings. The Labute approximate surface area is 179 Å². The Morgan fingerprint density at radius 1 is 1.33 bits per heavy atom. The highest BCUT2D eigenvalue weighted by Crippen LogP contribution is 2.37. The topological polar surface area (TPSA) is 69.4 Å². The molecule has 2 unspecified atom stereocenters. The van der Waals surface area contributed by atoms with Gasteiger partial charge in [-0.1, -0.05) is 30.4 Å². The van der Waals surface area contributed by atoms with Crippen LogP contribution in [0, 0.1) is 11.2 Å². The van der Waals surface area contributed by atoms with Gasteiger partial charge in [-0.05, 0) is 57.4 Å². The van der Waals surface area contributed by atoms with E-state index < -0.39 is 11.6 Å². The van der Waals surface area contributed by atoms with Gasteiger partial charge in [0.1, 0.15) is 11.9 Å². The van der Waals surface area contributed by atoms with Crippen molar-refractivity contribution in [3.05, 3.63) is 53.9 Å². The van der Waals surface area contributed by atoms with E-state index in [1.165, 1.54) is 12.1 Å². The van der Waals surface area contributed by atoms with Crippen molar-refractivity contribution in [2.45, 2.75) is 45.7 Å². The third kappa shape index (κ3) is 4.09. The van der Waals surface area contributed by atoms with Gasteiger partial charge >= 0.3 is 0 Å². The van der Waals surface area contributed by atoms with Crippen molar-refractivity contribution >= 4 is 11.7 Å². The normalized spacial score (nSPS) is 30.2. The summed E-state index contributed by atoms with van der Waals surface area (Å²) in [5, 5.41) is 12.2. The number of benzene rings is 1. The highest BCUT2D eigenvalue weighted by atomic mass is 19.1. The van der Waals surface area contributed by atoms with Crippen LogP contribution >= 0.6 is 0 Å². The molecule has 3 rings (SSSR count). The molecule has 0 aromatic heterocycles. The summed E-state index contributed by atoms with van der Waals surface area (Å²) in [5.41, 5.74) is 7.61. The van der Waals surface area contributed by atoms with Gasteiger partial charge in [0, 0.05) is 25.0 Å². The van der Waals surface area contributed by atoms with E-state index in [0.717, 1.165) is 24.1 Å². The number of amides is 1. The third-order valence-corrected chi connectivity index (χ3v) is 6.97. The molecule has 5 nitrogen and oxygen atoms in total. The number of hydrogen-bond acceptors (Lipinski definition) is 4. The summed E-state index contributed by atoms with van der Waals surface area (Å²) in [6.07, 6.45) is 6.25. The van der Waals surface area contributed by atoms with E-state index in [4.69, 9.17) is 5.73 Å². The fourth-order valence-corrected chi connectivity index (χ4v) is 5.25. The van der Waals surface area contributed by atoms with Crippen LogP contribution < -0.4 is 10.8 Å². The Hall–Kier alpha value is -2.02. The minimum absolute atomic E-state index is 0.0320. The number of quaternary nitrogens is 1. The number of nitrogens with two attached hydrogens (primary N) is 1. The fourth-order valence-electron chi connectivity index (χ4n) is 5.25. The van der Waals surface area contributed by atoms with E-state index in [-0.39, 0.29) is 21.8 Å². The first kappa shape index (κ1) is 22.7. The molecule has 0 saturated carbocycles. The standard InChI is InChI=1S/C24H34FN3O2/c1-18-15-27(12-13-28(18,22(29)30)23(2,3)4)17-24(16-26)11-5-6-20(14-24)19-7-9-21(25)10-8-19/h5-10,14,18H,11-13,15-17,26H2,1-4H3/t18-,24?,28?/m0/s1. The Morgan fingerprint density at radius 2 is 2.00 bits per heavy atom. The van der Waals surface area contributed by atoms with Gasteiger partial charge in [-0.15, -0.1) is 0 Å². The van der Waals surface area contributed by atoms with Gasteiger partial charge in [0.05, 0.1) is 18.6 Å². The minimum Gasteiger partial charge on any atom is -0.498 e. The third-order valence-electron chi connectivity index (χ3n) is 6.97. The smallest absolute Gasteiger partial charge is 0.258 e. The summed E-state index contributed by atoms with van der Waals surface area (Å²) in [6, 6.07) is 6.43. The van der Waals surface area contributed by atoms with Crippen LogP contribution in [0.2, 0.25) is 0 Å². The molecule has 164 valence electrons. The largest absolute Gasteiger partial charge is 0.498 e. The number of rotatable bonds is 4. The van der Waals surface area contributed by atoms with Gasteiger partial charge in [0.2, 0.25) is 0 Å². The number of nitrogens with zero attached hydrogens (tertiary/aromatic N) is 2. The second kappa shape index (κ2) is 8.25. The van der Waals surface area contributed by atoms with Crippen LogP contribution in [0.4, 0.5) is 9.18 Å². The molecule has 0 bridgehead atoms. The van der Waals surface area contributed by atoms with Gasteiger partial charge in [0.15, 0.2) is 0 Å². The predicted molar refractivity (Wildman–Crippen MR) is 116 cm³/mol. The number of hydrogen-bond donors (Lipinski definition) is 1. The summed E-state index contributed by atoms with van der Waals surface area (Å²) in [6.45, 7) is 11.0. The van der Waals surface area contributed by atoms with Crippen LogP contribution in [-0.2, 0) is 0 Å². The maximum atomic E-state index is 13.3. The van der Waals surface area contributed by atoms with Crippen LogP contribution in [0.15, 0.2) is 42.5 Å². The molecule has 1 aliphatic carbocycles. The summed E-state index contributed by atoms with van der Waals surface area (Å²) in [4.78, 5) is 14.5. The number of allylic oxidation sites excluding steroid dienone is 3. The number of halogens is 1. The Kier molecular flexibility index (Phi) is 6.23. The molecule has 1 fully saturated rings. The average molecular weight is 416 g/mol. The number of carbonyl (C=O) groups excluding carboxylic acids is 1. The molecule has 0 spiro atoms. The zero-order valence-corrected chi connectivity index (χ0v) is 18.5. The zero-order chi connectivity index (χ0) is 22.2. The van der Waals surface area contributed by atoms with Crippen molar-refractivity contribution in [1.29, 1.82) is 0 Å². The lowest BCUT2D eigenvalue weighted by Crippen LogP contribution is -2.76. The molecule has 30 heavy (non-hydrogen) atoms. The van der Waals surface area contributed by atoms with Gasteiger partial charge in [-0.2, -0.15) is 0 Å². The highest BCUT2D eigenvalue weighted by molar-refractivity contribution is 5.75. The van der Waals surface area contributed by atoms with E-state index in [1.54, 1.807) is 12.1 Å². The molecule has 1 amide bonds. The summed E-state index contributed by atoms with van der Waals surface area (Å²) in [7, 11) is 0. The van der Waals surface area contributed by atoms with Crippen molar-refractivity contribution in [3.63, 3.8) is 0 Å². The van der Waals surface area contributed by atoms with Gasteiger partial charge in [0.25, 0.3) is 6.09 Å². The van der Waals surface area contributed by atoms with Gasteiger partial charge < -0.3 is 15.6 Å². The molecule has 3 atom stereocenters. The van der Waals surface area contributed by atoms with E-state index in [1.807, 2.05) is 27.7 Å². The highest BCUT2D eigenvalue weighted by Gasteiger charge is 2.50. The first-order valence-corrected chi connectivity index (χ1v) is 10.7. The van der Waals surface area contributed by atoms with Crippen LogP contribution in [0.25, 0.3) is 5.57 Å². The van der Waals surface area contributed by atoms with Crippen molar-refractivity contribution in [2.24, 2.45) is 11.1 Å². The van der Waals surface area contributed by atoms with Crippen molar-refractivity contribution in [3.8, 4) is 0 Å². The first-order chi connectivity index (χ1) is 14.0. The van der Waals surface area contributed by atoms with Crippen LogP contribution in [0.5, 0.6) is 0 Å². The molecule has 1 aromatic carbocycles. The van der Waals surface area contributed by atoms with Crippen LogP contribution in [0.3, 0.4) is 0 Å². The number of carboxylic acid groups (broad SMARTS) is 1. The molecule has 1 heterocycles. The number of carbonyl (C=O) groups is 1. The molecular weight excluding hydrogens is 381 g/mol. The van der Waals surface area contributed by atoms with Crippen molar-refractivity contribution in [2.75, 3.05) is 32.7 Å². The zero-order valence-electron chi connectivity index (χ0n) is 18.5. The second-order valence-corrected chi connectivity index (χ2v) is 9.89. The van der Waals surface area contributed by atoms with Gasteiger partial charge in [-0.3, -0.25) is 9.38 Å². The average Bonchev–Trinajstić information content (AvgIpc) is 2.67. The summed E-state index contributed by atoms with van der Waals surface area (Å²) < 4.78 is 13.3. The monoisotopic (exact) mass is 415 g/mol. The van der Waals surface area contributed by atoms with Crippen molar-refractivity contribution < 1.29 is 18.8 Å². The fraction of sp³-hybridized carbons (Fsp3) is 0.542. The minimum atomic E-state index is -0.998. The van der Waals surface area contributed by atoms with Crippen molar-refractivity contribution in [1.82, 2.24) is 4.90 Å². The quantitative estimate of drug-likeness (QED) is 0.768. The second-order valence-electron chi connectivity index (χ2n) is 9.89. The van der Waals surface area contributed by atoms with E-state index in [0.29, 0.717) is 26.2 Å². The Balaban J connectivity index is 1.80. The molecule has 2 N–H and O–H groups in total. The molecular formula is C24H34FN3O2. The maximum Gasteiger partial charge on any atom is 0.258 e. The molecule has 1 aromatic rings. The predicted octanol–water partition coefficient (Wildman–Crippen LogP) is 2.78. The Morgan fingerprint density at radius 3 is 2.53 bits per heavy atom.